The summed E-state index contributed by atoms with van der Waals surface area (Å²) in [6.07, 6.45) is 5.97. The number of ether oxygens (including phenoxy) is 1. The average molecular weight is 380 g/mol. The molecule has 4 rings (SSSR count). The normalized spacial score (nSPS) is 15.5. The first-order valence-corrected chi connectivity index (χ1v) is 10.1. The Morgan fingerprint density at radius 1 is 1.25 bits per heavy atom. The molecule has 1 aliphatic heterocycles. The van der Waals surface area contributed by atoms with Crippen molar-refractivity contribution in [3.63, 3.8) is 0 Å². The Balaban J connectivity index is 1.53. The highest BCUT2D eigenvalue weighted by Crippen LogP contribution is 2.32. The van der Waals surface area contributed by atoms with Gasteiger partial charge in [0.1, 0.15) is 5.82 Å². The van der Waals surface area contributed by atoms with Crippen molar-refractivity contribution >= 4 is 0 Å². The summed E-state index contributed by atoms with van der Waals surface area (Å²) in [5.41, 5.74) is 5.21. The van der Waals surface area contributed by atoms with E-state index in [0.29, 0.717) is 12.5 Å². The van der Waals surface area contributed by atoms with Gasteiger partial charge in [-0.3, -0.25) is 10.00 Å². The van der Waals surface area contributed by atoms with Crippen LogP contribution in [0.25, 0.3) is 0 Å². The molecule has 0 saturated carbocycles. The molecule has 0 aliphatic carbocycles. The Bertz CT molecular complexity index is 885. The molecule has 1 atom stereocenters. The molecule has 0 fully saturated rings. The van der Waals surface area contributed by atoms with E-state index in [-0.39, 0.29) is 0 Å². The van der Waals surface area contributed by atoms with Crippen molar-refractivity contribution in [2.45, 2.75) is 45.3 Å². The summed E-state index contributed by atoms with van der Waals surface area (Å²) in [5, 5.41) is 8.06. The van der Waals surface area contributed by atoms with Crippen molar-refractivity contribution in [3.8, 4) is 0 Å². The molecule has 0 radical (unpaired) electrons. The van der Waals surface area contributed by atoms with Crippen LogP contribution in [0.1, 0.15) is 47.6 Å². The number of rotatable bonds is 8. The van der Waals surface area contributed by atoms with Crippen LogP contribution in [0.5, 0.6) is 0 Å². The monoisotopic (exact) mass is 379 g/mol. The minimum Gasteiger partial charge on any atom is -0.383 e. The average Bonchev–Trinajstić information content (AvgIpc) is 3.35. The van der Waals surface area contributed by atoms with Gasteiger partial charge in [0.05, 0.1) is 18.8 Å². The fraction of sp³-hybridized carbons (Fsp3) is 0.455. The van der Waals surface area contributed by atoms with Crippen LogP contribution in [0.15, 0.2) is 42.7 Å². The number of nitrogens with one attached hydrogen (secondary N) is 1. The highest BCUT2D eigenvalue weighted by molar-refractivity contribution is 5.36. The summed E-state index contributed by atoms with van der Waals surface area (Å²) in [6, 6.07) is 10.7. The van der Waals surface area contributed by atoms with Crippen molar-refractivity contribution in [1.82, 2.24) is 24.6 Å². The lowest BCUT2D eigenvalue weighted by atomic mass is 9.89. The van der Waals surface area contributed by atoms with Gasteiger partial charge in [-0.05, 0) is 12.0 Å². The molecular formula is C22H29N5O. The maximum absolute atomic E-state index is 5.22. The second-order valence-corrected chi connectivity index (χ2v) is 7.43. The van der Waals surface area contributed by atoms with E-state index in [1.807, 2.05) is 12.4 Å². The van der Waals surface area contributed by atoms with Crippen molar-refractivity contribution < 1.29 is 4.74 Å². The topological polar surface area (TPSA) is 59.0 Å². The number of hydrogen-bond donors (Lipinski definition) is 1. The van der Waals surface area contributed by atoms with Crippen LogP contribution in [0.4, 0.5) is 0 Å². The zero-order valence-corrected chi connectivity index (χ0v) is 16.8. The third kappa shape index (κ3) is 3.88. The first-order chi connectivity index (χ1) is 13.8. The Hall–Kier alpha value is -2.44. The summed E-state index contributed by atoms with van der Waals surface area (Å²) in [5.74, 6) is 1.44. The molecule has 2 aromatic heterocycles. The largest absolute Gasteiger partial charge is 0.383 e. The molecule has 3 heterocycles. The molecule has 1 unspecified atom stereocenters. The summed E-state index contributed by atoms with van der Waals surface area (Å²) >= 11 is 0. The van der Waals surface area contributed by atoms with Crippen molar-refractivity contribution in [2.75, 3.05) is 20.3 Å². The standard InChI is InChI=1S/C22H29N5O/c1-3-18(17-7-5-4-6-8-17)22-19-15-26(11-9-20(19)24-25-22)16-21-23-10-12-27(21)13-14-28-2/h4-8,10,12,18H,3,9,11,13-16H2,1-2H3,(H,24,25). The maximum atomic E-state index is 5.22. The third-order valence-electron chi connectivity index (χ3n) is 5.69. The van der Waals surface area contributed by atoms with E-state index in [0.717, 1.165) is 44.8 Å². The quantitative estimate of drug-likeness (QED) is 0.652. The van der Waals surface area contributed by atoms with Crippen LogP contribution in [0.3, 0.4) is 0 Å². The predicted octanol–water partition coefficient (Wildman–Crippen LogP) is 3.35. The second-order valence-electron chi connectivity index (χ2n) is 7.43. The molecule has 3 aromatic rings. The number of aromatic nitrogens is 4. The van der Waals surface area contributed by atoms with Crippen LogP contribution in [0, 0.1) is 0 Å². The zero-order chi connectivity index (χ0) is 19.3. The highest BCUT2D eigenvalue weighted by atomic mass is 16.5. The summed E-state index contributed by atoms with van der Waals surface area (Å²) in [6.45, 7) is 6.58. The Morgan fingerprint density at radius 3 is 2.89 bits per heavy atom. The van der Waals surface area contributed by atoms with Gasteiger partial charge in [0.25, 0.3) is 0 Å². The molecule has 1 aliphatic rings. The molecule has 0 saturated heterocycles. The van der Waals surface area contributed by atoms with E-state index in [1.54, 1.807) is 7.11 Å². The first kappa shape index (κ1) is 18.9. The molecule has 28 heavy (non-hydrogen) atoms. The smallest absolute Gasteiger partial charge is 0.122 e. The van der Waals surface area contributed by atoms with E-state index < -0.39 is 0 Å². The van der Waals surface area contributed by atoms with Gasteiger partial charge in [-0.2, -0.15) is 5.10 Å². The summed E-state index contributed by atoms with van der Waals surface area (Å²) < 4.78 is 7.41. The maximum Gasteiger partial charge on any atom is 0.122 e. The van der Waals surface area contributed by atoms with Gasteiger partial charge in [-0.25, -0.2) is 4.98 Å². The fourth-order valence-corrected chi connectivity index (χ4v) is 4.15. The molecular weight excluding hydrogens is 350 g/mol. The van der Waals surface area contributed by atoms with E-state index in [1.165, 1.54) is 22.5 Å². The molecule has 0 bridgehead atoms. The van der Waals surface area contributed by atoms with Crippen LogP contribution < -0.4 is 0 Å². The summed E-state index contributed by atoms with van der Waals surface area (Å²) in [4.78, 5) is 7.05. The van der Waals surface area contributed by atoms with Gasteiger partial charge < -0.3 is 9.30 Å². The lowest BCUT2D eigenvalue weighted by molar-refractivity contribution is 0.182. The predicted molar refractivity (Wildman–Crippen MR) is 109 cm³/mol. The van der Waals surface area contributed by atoms with E-state index in [9.17, 15) is 0 Å². The van der Waals surface area contributed by atoms with E-state index in [4.69, 9.17) is 9.84 Å². The first-order valence-electron chi connectivity index (χ1n) is 10.1. The van der Waals surface area contributed by atoms with Gasteiger partial charge in [0.15, 0.2) is 0 Å². The van der Waals surface area contributed by atoms with Crippen molar-refractivity contribution in [2.24, 2.45) is 0 Å². The molecule has 6 nitrogen and oxygen atoms in total. The molecule has 0 amide bonds. The summed E-state index contributed by atoms with van der Waals surface area (Å²) in [7, 11) is 1.74. The lowest BCUT2D eigenvalue weighted by Gasteiger charge is -2.28. The number of imidazole rings is 1. The molecule has 1 N–H and O–H groups in total. The number of nitrogens with zero attached hydrogens (tertiary/aromatic N) is 4. The van der Waals surface area contributed by atoms with E-state index in [2.05, 4.69) is 56.8 Å². The minimum atomic E-state index is 0.338. The fourth-order valence-electron chi connectivity index (χ4n) is 4.15. The number of aromatic amines is 1. The van der Waals surface area contributed by atoms with E-state index >= 15 is 0 Å². The van der Waals surface area contributed by atoms with Gasteiger partial charge in [-0.15, -0.1) is 0 Å². The number of methoxy groups -OCH3 is 1. The molecule has 148 valence electrons. The Morgan fingerprint density at radius 2 is 2.11 bits per heavy atom. The zero-order valence-electron chi connectivity index (χ0n) is 16.8. The van der Waals surface area contributed by atoms with Gasteiger partial charge in [-0.1, -0.05) is 37.3 Å². The van der Waals surface area contributed by atoms with Gasteiger partial charge in [0, 0.05) is 62.7 Å². The van der Waals surface area contributed by atoms with Crippen LogP contribution in [0.2, 0.25) is 0 Å². The Kier molecular flexibility index (Phi) is 5.88. The lowest BCUT2D eigenvalue weighted by Crippen LogP contribution is -2.31. The number of benzene rings is 1. The van der Waals surface area contributed by atoms with Crippen molar-refractivity contribution in [3.05, 3.63) is 71.1 Å². The third-order valence-corrected chi connectivity index (χ3v) is 5.69. The van der Waals surface area contributed by atoms with Crippen molar-refractivity contribution in [1.29, 1.82) is 0 Å². The Labute approximate surface area is 166 Å². The number of H-pyrrole nitrogens is 1. The minimum absolute atomic E-state index is 0.338. The highest BCUT2D eigenvalue weighted by Gasteiger charge is 2.27. The number of fused-ring (bicyclic) bond motifs is 1. The number of hydrogen-bond acceptors (Lipinski definition) is 4. The SMILES string of the molecule is CCC(c1ccccc1)c1n[nH]c2c1CN(Cc1nccn1CCOC)CC2. The van der Waals surface area contributed by atoms with Crippen LogP contribution >= 0.6 is 0 Å². The molecule has 0 spiro atoms. The van der Waals surface area contributed by atoms with Crippen LogP contribution in [-0.2, 0) is 30.8 Å². The van der Waals surface area contributed by atoms with Gasteiger partial charge >= 0.3 is 0 Å². The van der Waals surface area contributed by atoms with Crippen LogP contribution in [-0.4, -0.2) is 44.9 Å². The molecule has 1 aromatic carbocycles. The van der Waals surface area contributed by atoms with Gasteiger partial charge in [0.2, 0.25) is 0 Å². The molecule has 6 heteroatoms. The second kappa shape index (κ2) is 8.71.